The fourth-order valence-corrected chi connectivity index (χ4v) is 12.9. The fourth-order valence-electron chi connectivity index (χ4n) is 12.9. The van der Waals surface area contributed by atoms with E-state index in [2.05, 4.69) is 264 Å². The Kier molecular flexibility index (Phi) is 9.25. The van der Waals surface area contributed by atoms with E-state index in [1.165, 1.54) is 111 Å². The van der Waals surface area contributed by atoms with Gasteiger partial charge in [0.05, 0.1) is 16.7 Å². The zero-order valence-corrected chi connectivity index (χ0v) is 41.6. The van der Waals surface area contributed by atoms with E-state index in [0.29, 0.717) is 0 Å². The average molecular weight is 904 g/mol. The Morgan fingerprint density at radius 3 is 1.63 bits per heavy atom. The SMILES string of the molecule is Cc1cc2c3c(c1)N(c1ccc(C(C)(C)C)cc1-c1ccccc1)c1cc4c(cc1B3c1ccc(-n3c5ccccc5c5ccccc53)cc1N2c1ccc(-c2ccccc2)cc1)C(C)(C)CC4(C)C. The van der Waals surface area contributed by atoms with Crippen molar-refractivity contribution in [2.45, 2.75) is 78.1 Å². The summed E-state index contributed by atoms with van der Waals surface area (Å²) in [5.74, 6) is 0. The van der Waals surface area contributed by atoms with E-state index in [1.807, 2.05) is 0 Å². The molecule has 4 heteroatoms. The molecule has 1 aromatic heterocycles. The molecule has 0 N–H and O–H groups in total. The van der Waals surface area contributed by atoms with Gasteiger partial charge in [0.1, 0.15) is 0 Å². The number of rotatable bonds is 5. The number of anilines is 6. The van der Waals surface area contributed by atoms with Crippen LogP contribution in [0.5, 0.6) is 0 Å². The van der Waals surface area contributed by atoms with Crippen molar-refractivity contribution in [3.05, 3.63) is 216 Å². The standard InChI is InChI=1S/C66H58BN3/c1-42-35-61-63-62(36-42)70(58-34-29-46(64(2,3)4)37-51(58)45-21-13-10-14-22-45)60-40-53-52(65(5,6)41-66(53,7)8)39-55(60)67(63)54-33-32-48(69-56-25-17-15-23-49(56)50-24-16-18-26-57(50)69)38-59(54)68(61)47-30-27-44(28-31-47)43-19-11-9-12-20-43/h9-40H,41H2,1-8H3. The Bertz CT molecular complexity index is 3690. The van der Waals surface area contributed by atoms with Gasteiger partial charge in [0.2, 0.25) is 0 Å². The lowest BCUT2D eigenvalue weighted by Gasteiger charge is -2.45. The topological polar surface area (TPSA) is 11.4 Å². The van der Waals surface area contributed by atoms with Gasteiger partial charge in [0, 0.05) is 50.5 Å². The number of nitrogens with zero attached hydrogens (tertiary/aromatic N) is 3. The monoisotopic (exact) mass is 903 g/mol. The van der Waals surface area contributed by atoms with E-state index in [4.69, 9.17) is 0 Å². The van der Waals surface area contributed by atoms with Gasteiger partial charge in [-0.1, -0.05) is 176 Å². The average Bonchev–Trinajstić information content (AvgIpc) is 3.79. The molecular formula is C66H58BN3. The molecule has 1 aliphatic carbocycles. The van der Waals surface area contributed by atoms with E-state index < -0.39 is 0 Å². The molecule has 0 saturated carbocycles. The van der Waals surface area contributed by atoms with Crippen molar-refractivity contribution in [3.8, 4) is 27.9 Å². The number of para-hydroxylation sites is 2. The van der Waals surface area contributed by atoms with Crippen LogP contribution in [0.4, 0.5) is 34.1 Å². The lowest BCUT2D eigenvalue weighted by Crippen LogP contribution is -2.61. The number of hydrogen-bond acceptors (Lipinski definition) is 2. The summed E-state index contributed by atoms with van der Waals surface area (Å²) < 4.78 is 2.47. The van der Waals surface area contributed by atoms with E-state index in [0.717, 1.165) is 17.8 Å². The normalized spacial score (nSPS) is 15.2. The van der Waals surface area contributed by atoms with Gasteiger partial charge in [0.25, 0.3) is 6.71 Å². The number of benzene rings is 9. The van der Waals surface area contributed by atoms with Crippen LogP contribution in [0.2, 0.25) is 0 Å². The summed E-state index contributed by atoms with van der Waals surface area (Å²) in [5, 5.41) is 2.53. The van der Waals surface area contributed by atoms with Crippen molar-refractivity contribution in [1.82, 2.24) is 4.57 Å². The summed E-state index contributed by atoms with van der Waals surface area (Å²) in [6.45, 7) is 19.1. The zero-order chi connectivity index (χ0) is 47.8. The van der Waals surface area contributed by atoms with E-state index in [9.17, 15) is 0 Å². The Morgan fingerprint density at radius 2 is 0.986 bits per heavy atom. The molecule has 0 spiro atoms. The van der Waals surface area contributed by atoms with Gasteiger partial charge in [-0.2, -0.15) is 0 Å². The maximum atomic E-state index is 2.66. The van der Waals surface area contributed by atoms with E-state index in [-0.39, 0.29) is 23.0 Å². The van der Waals surface area contributed by atoms with Gasteiger partial charge in [-0.05, 0) is 152 Å². The number of hydrogen-bond donors (Lipinski definition) is 0. The highest BCUT2D eigenvalue weighted by Gasteiger charge is 2.48. The Hall–Kier alpha value is -7.56. The molecule has 2 aliphatic heterocycles. The van der Waals surface area contributed by atoms with Gasteiger partial charge in [0.15, 0.2) is 0 Å². The van der Waals surface area contributed by atoms with Crippen molar-refractivity contribution in [1.29, 1.82) is 0 Å². The van der Waals surface area contributed by atoms with Crippen LogP contribution in [-0.2, 0) is 16.2 Å². The molecule has 0 radical (unpaired) electrons. The molecule has 3 aliphatic rings. The van der Waals surface area contributed by atoms with Gasteiger partial charge < -0.3 is 14.4 Å². The molecule has 0 fully saturated rings. The second-order valence-electron chi connectivity index (χ2n) is 22.6. The zero-order valence-electron chi connectivity index (χ0n) is 41.6. The third-order valence-corrected chi connectivity index (χ3v) is 15.9. The lowest BCUT2D eigenvalue weighted by atomic mass is 9.33. The summed E-state index contributed by atoms with van der Waals surface area (Å²) in [6.07, 6.45) is 1.10. The molecule has 0 amide bonds. The van der Waals surface area contributed by atoms with E-state index >= 15 is 0 Å². The van der Waals surface area contributed by atoms with Crippen molar-refractivity contribution >= 4 is 79.0 Å². The fraction of sp³-hybridized carbons (Fsp3) is 0.182. The van der Waals surface area contributed by atoms with Crippen LogP contribution >= 0.6 is 0 Å². The highest BCUT2D eigenvalue weighted by molar-refractivity contribution is 7.00. The summed E-state index contributed by atoms with van der Waals surface area (Å²) >= 11 is 0. The largest absolute Gasteiger partial charge is 0.311 e. The first kappa shape index (κ1) is 42.5. The first-order valence-corrected chi connectivity index (χ1v) is 25.2. The van der Waals surface area contributed by atoms with Crippen LogP contribution in [0.25, 0.3) is 49.7 Å². The second-order valence-corrected chi connectivity index (χ2v) is 22.6. The Morgan fingerprint density at radius 1 is 0.443 bits per heavy atom. The molecule has 10 aromatic rings. The molecule has 0 bridgehead atoms. The van der Waals surface area contributed by atoms with Gasteiger partial charge in [-0.3, -0.25) is 0 Å². The van der Waals surface area contributed by atoms with Crippen LogP contribution in [0.1, 0.15) is 77.1 Å². The van der Waals surface area contributed by atoms with Crippen molar-refractivity contribution in [2.75, 3.05) is 9.80 Å². The van der Waals surface area contributed by atoms with Gasteiger partial charge >= 0.3 is 0 Å². The maximum absolute atomic E-state index is 2.66. The molecule has 0 unspecified atom stereocenters. The van der Waals surface area contributed by atoms with Crippen molar-refractivity contribution in [3.63, 3.8) is 0 Å². The van der Waals surface area contributed by atoms with Crippen LogP contribution in [0, 0.1) is 6.92 Å². The minimum Gasteiger partial charge on any atom is -0.311 e. The number of aromatic nitrogens is 1. The first-order chi connectivity index (χ1) is 33.7. The second kappa shape index (κ2) is 15.2. The molecule has 0 atom stereocenters. The number of aryl methyl sites for hydroxylation is 1. The van der Waals surface area contributed by atoms with E-state index in [1.54, 1.807) is 0 Å². The predicted molar refractivity (Wildman–Crippen MR) is 300 cm³/mol. The van der Waals surface area contributed by atoms with Crippen molar-refractivity contribution < 1.29 is 0 Å². The summed E-state index contributed by atoms with van der Waals surface area (Å²) in [5.41, 5.74) is 25.3. The minimum absolute atomic E-state index is 0.0142. The quantitative estimate of drug-likeness (QED) is 0.159. The Balaban J connectivity index is 1.13. The van der Waals surface area contributed by atoms with Gasteiger partial charge in [-0.25, -0.2) is 0 Å². The number of fused-ring (bicyclic) bond motifs is 8. The smallest absolute Gasteiger partial charge is 0.252 e. The highest BCUT2D eigenvalue weighted by atomic mass is 15.2. The predicted octanol–water partition coefficient (Wildman–Crippen LogP) is 15.8. The molecule has 340 valence electrons. The lowest BCUT2D eigenvalue weighted by molar-refractivity contribution is 0.403. The molecular weight excluding hydrogens is 846 g/mol. The van der Waals surface area contributed by atoms with Gasteiger partial charge in [-0.15, -0.1) is 0 Å². The van der Waals surface area contributed by atoms with Crippen LogP contribution < -0.4 is 26.2 Å². The molecule has 13 rings (SSSR count). The summed E-state index contributed by atoms with van der Waals surface area (Å²) in [4.78, 5) is 5.23. The summed E-state index contributed by atoms with van der Waals surface area (Å²) in [6, 6.07) is 73.6. The van der Waals surface area contributed by atoms with Crippen LogP contribution in [-0.4, -0.2) is 11.3 Å². The minimum atomic E-state index is -0.0236. The molecule has 3 heterocycles. The highest BCUT2D eigenvalue weighted by Crippen LogP contribution is 2.54. The maximum Gasteiger partial charge on any atom is 0.252 e. The third kappa shape index (κ3) is 6.42. The van der Waals surface area contributed by atoms with Crippen LogP contribution in [0.15, 0.2) is 194 Å². The van der Waals surface area contributed by atoms with Crippen molar-refractivity contribution in [2.24, 2.45) is 0 Å². The molecule has 3 nitrogen and oxygen atoms in total. The molecule has 0 saturated heterocycles. The van der Waals surface area contributed by atoms with Crippen LogP contribution in [0.3, 0.4) is 0 Å². The summed E-state index contributed by atoms with van der Waals surface area (Å²) in [7, 11) is 0. The molecule has 70 heavy (non-hydrogen) atoms. The third-order valence-electron chi connectivity index (χ3n) is 15.9. The Labute approximate surface area is 413 Å². The first-order valence-electron chi connectivity index (χ1n) is 25.2. The molecule has 9 aromatic carbocycles.